The van der Waals surface area contributed by atoms with E-state index in [4.69, 9.17) is 4.74 Å². The first-order chi connectivity index (χ1) is 12.2. The number of carbonyl (C=O) groups excluding carboxylic acids is 1. The number of allylic oxidation sites excluding steroid dienone is 1. The molecule has 2 aromatic heterocycles. The van der Waals surface area contributed by atoms with Gasteiger partial charge in [-0.1, -0.05) is 26.0 Å². The smallest absolute Gasteiger partial charge is 0.359 e. The Morgan fingerprint density at radius 1 is 1.38 bits per heavy atom. The lowest BCUT2D eigenvalue weighted by molar-refractivity contribution is -0.0155. The predicted octanol–water partition coefficient (Wildman–Crippen LogP) is 2.89. The SMILES string of the molecule is CC1(C)[C@H]2CC=C(COC(=O)c3nc(S(C)(=O)=O)n4ccccc34)[C@@H]1C2. The monoisotopic (exact) mass is 374 g/mol. The number of fused-ring (bicyclic) bond motifs is 2. The number of ether oxygens (including phenoxy) is 1. The van der Waals surface area contributed by atoms with Gasteiger partial charge in [-0.15, -0.1) is 0 Å². The molecule has 0 saturated heterocycles. The maximum Gasteiger partial charge on any atom is 0.359 e. The second-order valence-electron chi connectivity index (χ2n) is 7.87. The summed E-state index contributed by atoms with van der Waals surface area (Å²) in [6, 6.07) is 5.10. The van der Waals surface area contributed by atoms with Crippen molar-refractivity contribution in [3.8, 4) is 0 Å². The minimum atomic E-state index is -3.56. The molecule has 3 aliphatic rings. The Bertz CT molecular complexity index is 1030. The normalized spacial score (nSPS) is 24.0. The summed E-state index contributed by atoms with van der Waals surface area (Å²) in [5, 5.41) is -0.153. The summed E-state index contributed by atoms with van der Waals surface area (Å²) in [7, 11) is -3.56. The number of nitrogens with zero attached hydrogens (tertiary/aromatic N) is 2. The fourth-order valence-electron chi connectivity index (χ4n) is 4.28. The van der Waals surface area contributed by atoms with Crippen LogP contribution in [0.4, 0.5) is 0 Å². The molecule has 0 amide bonds. The zero-order valence-electron chi connectivity index (χ0n) is 15.1. The average molecular weight is 374 g/mol. The number of carbonyl (C=O) groups is 1. The van der Waals surface area contributed by atoms with Crippen molar-refractivity contribution in [2.75, 3.05) is 12.9 Å². The van der Waals surface area contributed by atoms with Gasteiger partial charge in [-0.3, -0.25) is 4.40 Å². The molecular weight excluding hydrogens is 352 g/mol. The number of sulfone groups is 1. The first-order valence-corrected chi connectivity index (χ1v) is 10.6. The van der Waals surface area contributed by atoms with Crippen molar-refractivity contribution >= 4 is 21.3 Å². The first kappa shape index (κ1) is 17.3. The molecule has 0 spiro atoms. The van der Waals surface area contributed by atoms with E-state index in [0.717, 1.165) is 30.6 Å². The highest BCUT2D eigenvalue weighted by Gasteiger charge is 2.51. The van der Waals surface area contributed by atoms with Gasteiger partial charge >= 0.3 is 5.97 Å². The number of hydrogen-bond acceptors (Lipinski definition) is 5. The maximum atomic E-state index is 12.6. The molecule has 2 heterocycles. The zero-order chi connectivity index (χ0) is 18.7. The summed E-state index contributed by atoms with van der Waals surface area (Å²) in [5.41, 5.74) is 1.89. The molecule has 1 saturated carbocycles. The van der Waals surface area contributed by atoms with E-state index < -0.39 is 15.8 Å². The highest BCUT2D eigenvalue weighted by Crippen LogP contribution is 2.59. The maximum absolute atomic E-state index is 12.6. The van der Waals surface area contributed by atoms with Crippen LogP contribution in [0.3, 0.4) is 0 Å². The van der Waals surface area contributed by atoms with Crippen LogP contribution in [0.5, 0.6) is 0 Å². The molecule has 6 nitrogen and oxygen atoms in total. The van der Waals surface area contributed by atoms with E-state index >= 15 is 0 Å². The van der Waals surface area contributed by atoms with Gasteiger partial charge in [0.1, 0.15) is 6.61 Å². The van der Waals surface area contributed by atoms with E-state index in [1.165, 1.54) is 4.40 Å². The standard InChI is InChI=1S/C19H22N2O4S/c1-19(2)13-8-7-12(14(19)10-13)11-25-17(22)16-15-6-4-5-9-21(15)18(20-16)26(3,23)24/h4-7,9,13-14H,8,10-11H2,1-3H3/t13-,14-/m0/s1. The molecule has 0 unspecified atom stereocenters. The van der Waals surface area contributed by atoms with Crippen LogP contribution in [-0.2, 0) is 14.6 Å². The first-order valence-electron chi connectivity index (χ1n) is 8.73. The molecule has 5 rings (SSSR count). The minimum Gasteiger partial charge on any atom is -0.456 e. The van der Waals surface area contributed by atoms with E-state index in [0.29, 0.717) is 11.4 Å². The van der Waals surface area contributed by atoms with E-state index in [-0.39, 0.29) is 22.9 Å². The van der Waals surface area contributed by atoms with Gasteiger partial charge in [0.25, 0.3) is 0 Å². The Labute approximate surface area is 152 Å². The van der Waals surface area contributed by atoms with Gasteiger partial charge in [0.2, 0.25) is 15.0 Å². The topological polar surface area (TPSA) is 77.7 Å². The van der Waals surface area contributed by atoms with Gasteiger partial charge in [0, 0.05) is 12.5 Å². The molecule has 0 radical (unpaired) electrons. The van der Waals surface area contributed by atoms with Gasteiger partial charge in [-0.2, -0.15) is 0 Å². The van der Waals surface area contributed by atoms with Crippen molar-refractivity contribution in [1.29, 1.82) is 0 Å². The quantitative estimate of drug-likeness (QED) is 0.607. The Hall–Kier alpha value is -2.15. The summed E-state index contributed by atoms with van der Waals surface area (Å²) in [4.78, 5) is 16.7. The molecule has 2 aromatic rings. The Balaban J connectivity index is 1.59. The van der Waals surface area contributed by atoms with Gasteiger partial charge in [0.15, 0.2) is 5.69 Å². The third-order valence-electron chi connectivity index (χ3n) is 5.99. The number of esters is 1. The Morgan fingerprint density at radius 3 is 2.81 bits per heavy atom. The van der Waals surface area contributed by atoms with Crippen molar-refractivity contribution < 1.29 is 17.9 Å². The minimum absolute atomic E-state index is 0.0354. The molecule has 2 atom stereocenters. The summed E-state index contributed by atoms with van der Waals surface area (Å²) in [6.07, 6.45) is 7.02. The molecular formula is C19H22N2O4S. The number of aromatic nitrogens is 2. The average Bonchev–Trinajstić information content (AvgIpc) is 2.99. The largest absolute Gasteiger partial charge is 0.456 e. The molecule has 3 aliphatic carbocycles. The van der Waals surface area contributed by atoms with Crippen molar-refractivity contribution in [3.05, 3.63) is 41.7 Å². The fraction of sp³-hybridized carbons (Fsp3) is 0.474. The summed E-state index contributed by atoms with van der Waals surface area (Å²) in [6.45, 7) is 4.77. The van der Waals surface area contributed by atoms with Crippen LogP contribution in [0.1, 0.15) is 37.2 Å². The lowest BCUT2D eigenvalue weighted by atomic mass is 9.49. The Morgan fingerprint density at radius 2 is 2.15 bits per heavy atom. The highest BCUT2D eigenvalue weighted by molar-refractivity contribution is 7.90. The van der Waals surface area contributed by atoms with Crippen LogP contribution in [-0.4, -0.2) is 36.6 Å². The number of imidazole rings is 1. The molecule has 7 heteroatoms. The van der Waals surface area contributed by atoms with Crippen LogP contribution in [0.2, 0.25) is 0 Å². The van der Waals surface area contributed by atoms with Gasteiger partial charge in [0.05, 0.1) is 5.52 Å². The molecule has 138 valence electrons. The second-order valence-corrected chi connectivity index (χ2v) is 9.78. The molecule has 2 bridgehead atoms. The zero-order valence-corrected chi connectivity index (χ0v) is 15.9. The van der Waals surface area contributed by atoms with Gasteiger partial charge in [-0.05, 0) is 47.8 Å². The lowest BCUT2D eigenvalue weighted by Crippen LogP contribution is -2.48. The van der Waals surface area contributed by atoms with Crippen molar-refractivity contribution in [2.45, 2.75) is 31.8 Å². The molecule has 0 aliphatic heterocycles. The lowest BCUT2D eigenvalue weighted by Gasteiger charge is -2.56. The van der Waals surface area contributed by atoms with E-state index in [1.807, 2.05) is 0 Å². The predicted molar refractivity (Wildman–Crippen MR) is 96.7 cm³/mol. The summed E-state index contributed by atoms with van der Waals surface area (Å²) >= 11 is 0. The van der Waals surface area contributed by atoms with Crippen LogP contribution in [0, 0.1) is 17.3 Å². The van der Waals surface area contributed by atoms with Crippen molar-refractivity contribution in [2.24, 2.45) is 17.3 Å². The van der Waals surface area contributed by atoms with E-state index in [2.05, 4.69) is 24.9 Å². The van der Waals surface area contributed by atoms with E-state index in [1.54, 1.807) is 24.4 Å². The number of hydrogen-bond donors (Lipinski definition) is 0. The van der Waals surface area contributed by atoms with Crippen molar-refractivity contribution in [1.82, 2.24) is 9.38 Å². The van der Waals surface area contributed by atoms with Gasteiger partial charge in [-0.25, -0.2) is 18.2 Å². The van der Waals surface area contributed by atoms with Crippen molar-refractivity contribution in [3.63, 3.8) is 0 Å². The Kier molecular flexibility index (Phi) is 3.77. The molecule has 0 N–H and O–H groups in total. The fourth-order valence-corrected chi connectivity index (χ4v) is 5.05. The number of rotatable bonds is 4. The van der Waals surface area contributed by atoms with Crippen LogP contribution in [0.15, 0.2) is 41.2 Å². The van der Waals surface area contributed by atoms with Crippen LogP contribution in [0.25, 0.3) is 5.52 Å². The van der Waals surface area contributed by atoms with Crippen LogP contribution >= 0.6 is 0 Å². The third-order valence-corrected chi connectivity index (χ3v) is 6.94. The number of pyridine rings is 1. The highest BCUT2D eigenvalue weighted by atomic mass is 32.2. The summed E-state index contributed by atoms with van der Waals surface area (Å²) in [5.74, 6) is 0.587. The summed E-state index contributed by atoms with van der Waals surface area (Å²) < 4.78 is 30.8. The van der Waals surface area contributed by atoms with Crippen LogP contribution < -0.4 is 0 Å². The van der Waals surface area contributed by atoms with E-state index in [9.17, 15) is 13.2 Å². The molecule has 26 heavy (non-hydrogen) atoms. The second kappa shape index (κ2) is 5.67. The van der Waals surface area contributed by atoms with Gasteiger partial charge < -0.3 is 4.74 Å². The third kappa shape index (κ3) is 2.57. The molecule has 1 fully saturated rings. The molecule has 0 aromatic carbocycles.